The van der Waals surface area contributed by atoms with Gasteiger partial charge in [-0.15, -0.1) is 5.06 Å². The molecule has 2 aromatic rings. The summed E-state index contributed by atoms with van der Waals surface area (Å²) in [6.45, 7) is 13.6. The monoisotopic (exact) mass is 1010 g/mol. The van der Waals surface area contributed by atoms with E-state index in [0.29, 0.717) is 20.7 Å². The van der Waals surface area contributed by atoms with Crippen LogP contribution in [0.2, 0.25) is 10.0 Å². The van der Waals surface area contributed by atoms with Crippen molar-refractivity contribution in [1.82, 2.24) is 20.8 Å². The van der Waals surface area contributed by atoms with Crippen LogP contribution in [0.4, 0.5) is 9.59 Å². The number of rotatable bonds is 9. The predicted molar refractivity (Wildman–Crippen MR) is 219 cm³/mol. The topological polar surface area (TPSA) is 255 Å². The van der Waals surface area contributed by atoms with Gasteiger partial charge in [-0.25, -0.2) is 19.2 Å². The van der Waals surface area contributed by atoms with Gasteiger partial charge in [0, 0.05) is 54.7 Å². The molecule has 2 saturated heterocycles. The number of nitrogens with zero attached hydrogens (tertiary/aromatic N) is 2. The van der Waals surface area contributed by atoms with Gasteiger partial charge in [-0.1, -0.05) is 47.5 Å². The molecule has 2 aliphatic heterocycles. The Kier molecular flexibility index (Phi) is 24.4. The zero-order valence-corrected chi connectivity index (χ0v) is 39.1. The number of hydrogen-bond acceptors (Lipinski definition) is 13. The summed E-state index contributed by atoms with van der Waals surface area (Å²) >= 11 is 11.5. The predicted octanol–water partition coefficient (Wildman–Crippen LogP) is 2.06. The Morgan fingerprint density at radius 2 is 1.03 bits per heavy atom. The Labute approximate surface area is 379 Å². The number of carbonyl (C=O) groups is 8. The summed E-state index contributed by atoms with van der Waals surface area (Å²) in [6, 6.07) is 11.2. The first kappa shape index (κ1) is 54.4. The molecule has 0 aromatic heterocycles. The molecule has 2 fully saturated rings. The first-order valence-electron chi connectivity index (χ1n) is 18.9. The van der Waals surface area contributed by atoms with E-state index in [-0.39, 0.29) is 72.1 Å². The molecule has 342 valence electrons. The fourth-order valence-electron chi connectivity index (χ4n) is 4.38. The van der Waals surface area contributed by atoms with Crippen molar-refractivity contribution in [2.75, 3.05) is 4.93 Å². The number of carboxylic acid groups (broad SMARTS) is 1. The van der Waals surface area contributed by atoms with Gasteiger partial charge >= 0.3 is 52.0 Å². The first-order chi connectivity index (χ1) is 28.6. The van der Waals surface area contributed by atoms with Crippen molar-refractivity contribution in [3.05, 3.63) is 69.7 Å². The molecule has 5 N–H and O–H groups in total. The number of hydroxylamine groups is 4. The van der Waals surface area contributed by atoms with Crippen LogP contribution in [0.5, 0.6) is 0 Å². The number of hydrogen-bond donors (Lipinski definition) is 5. The van der Waals surface area contributed by atoms with E-state index in [2.05, 4.69) is 10.6 Å². The number of halogens is 3. The van der Waals surface area contributed by atoms with E-state index in [1.807, 2.05) is 4.93 Å². The van der Waals surface area contributed by atoms with Crippen LogP contribution in [0.1, 0.15) is 92.2 Å². The number of alkyl halides is 1. The molecule has 2 heterocycles. The number of ether oxygens (including phenoxy) is 2. The van der Waals surface area contributed by atoms with E-state index in [1.165, 1.54) is 0 Å². The van der Waals surface area contributed by atoms with Gasteiger partial charge in [0.1, 0.15) is 23.3 Å². The van der Waals surface area contributed by atoms with Crippen molar-refractivity contribution in [3.63, 3.8) is 0 Å². The summed E-state index contributed by atoms with van der Waals surface area (Å²) in [5.74, 6) is -4.28. The average Bonchev–Trinajstić information content (AvgIpc) is 3.61. The standard InChI is InChI=1S/C18H21ClN2O6.C14H18ClNO4.C4H5NO3.C3H8O.CH4I/c1-18(2,3)26-17(25)20-13(10-11-4-6-12(19)7-5-11)16(24)27-21-14(22)8-9-15(21)23;1-14(2,3)20-13(19)16-11(12(17)18)8-9-4-6-10(15)7-5-9;6-3-1-2-4(7)5(3)8;1-3(2)4;1-2/h4-7,13H,8-10H2,1-3H3,(H,20,25);4-7,11H,8H2,1-3H3,(H,16,19)(H,17,18);8H,1-2H2;3-4H,1-2H3;2H,1H3/q;;;;-1/t13-;11-;;;/m00.../s1/i;;;;2D. The van der Waals surface area contributed by atoms with E-state index in [9.17, 15) is 38.4 Å². The number of carbonyl (C=O) groups excluding carboxylic acids is 7. The molecule has 61 heavy (non-hydrogen) atoms. The molecule has 2 atom stereocenters. The van der Waals surface area contributed by atoms with E-state index in [1.54, 1.807) is 104 Å². The number of alkyl carbamates (subject to hydrolysis) is 2. The Balaban J connectivity index is 0.000000921. The molecular weight excluding hydrogens is 958 g/mol. The SMILES string of the molecule is CC(C)(C)OC(=O)N[C@@H](Cc1ccc(Cl)cc1)C(=O)O.CC(C)(C)OC(=O)N[C@@H](Cc1ccc(Cl)cc1)C(=O)ON1C(=O)CCC1=O.CC(C)O.O=C1CCC(=O)N1O.[2H][I-]C. The maximum atomic E-state index is 12.5. The second-order valence-corrected chi connectivity index (χ2v) is 16.0. The number of aliphatic hydroxyl groups excluding tert-OH is 1. The van der Waals surface area contributed by atoms with Crippen LogP contribution in [0, 0.1) is 0 Å². The molecule has 0 aliphatic carbocycles. The summed E-state index contributed by atoms with van der Waals surface area (Å²) in [4.78, 5) is 98.0. The van der Waals surface area contributed by atoms with Crippen molar-refractivity contribution >= 4 is 71.0 Å². The fourth-order valence-corrected chi connectivity index (χ4v) is 4.63. The minimum atomic E-state index is -1.16. The second-order valence-electron chi connectivity index (χ2n) is 15.1. The number of nitrogens with one attached hydrogen (secondary N) is 2. The molecule has 2 aliphatic rings. The Morgan fingerprint density at radius 3 is 1.33 bits per heavy atom. The Hall–Kier alpha value is -4.57. The van der Waals surface area contributed by atoms with Gasteiger partial charge in [0.2, 0.25) is 0 Å². The summed E-state index contributed by atoms with van der Waals surface area (Å²) in [6.07, 6.45) is -1.26. The number of benzene rings is 2. The van der Waals surface area contributed by atoms with Crippen LogP contribution in [-0.2, 0) is 55.9 Å². The van der Waals surface area contributed by atoms with Gasteiger partial charge in [-0.05, 0) is 90.8 Å². The number of aliphatic hydroxyl groups is 1. The summed E-state index contributed by atoms with van der Waals surface area (Å²) in [5, 5.41) is 32.1. The average molecular weight is 1020 g/mol. The van der Waals surface area contributed by atoms with Gasteiger partial charge < -0.3 is 35.2 Å². The molecule has 21 heteroatoms. The van der Waals surface area contributed by atoms with Gasteiger partial charge in [-0.3, -0.25) is 24.4 Å². The number of imide groups is 2. The van der Waals surface area contributed by atoms with Crippen molar-refractivity contribution < 1.29 is 90.5 Å². The third kappa shape index (κ3) is 25.1. The van der Waals surface area contributed by atoms with Crippen molar-refractivity contribution in [3.8, 4) is 0 Å². The van der Waals surface area contributed by atoms with Crippen LogP contribution in [0.15, 0.2) is 48.5 Å². The molecule has 0 bridgehead atoms. The number of aliphatic carboxylic acids is 1. The molecule has 6 amide bonds. The molecule has 0 spiro atoms. The number of amides is 6. The molecule has 18 nitrogen and oxygen atoms in total. The van der Waals surface area contributed by atoms with Crippen molar-refractivity contribution in [2.45, 2.75) is 123 Å². The van der Waals surface area contributed by atoms with Gasteiger partial charge in [-0.2, -0.15) is 5.06 Å². The van der Waals surface area contributed by atoms with Crippen LogP contribution >= 0.6 is 23.2 Å². The normalized spacial score (nSPS) is 14.6. The first-order valence-corrected chi connectivity index (χ1v) is 21.5. The van der Waals surface area contributed by atoms with Gasteiger partial charge in [0.05, 0.1) is 0 Å². The van der Waals surface area contributed by atoms with Crippen LogP contribution < -0.4 is 33.0 Å². The third-order valence-corrected chi connectivity index (χ3v) is 7.39. The van der Waals surface area contributed by atoms with Crippen LogP contribution in [0.25, 0.3) is 0 Å². The second kappa shape index (κ2) is 27.4. The zero-order chi connectivity index (χ0) is 48.0. The molecule has 0 radical (unpaired) electrons. The zero-order valence-electron chi connectivity index (χ0n) is 36.5. The van der Waals surface area contributed by atoms with Crippen LogP contribution in [-0.4, -0.2) is 108 Å². The Morgan fingerprint density at radius 1 is 0.721 bits per heavy atom. The molecule has 2 aromatic carbocycles. The molecule has 4 rings (SSSR count). The van der Waals surface area contributed by atoms with Gasteiger partial charge in [0.25, 0.3) is 23.6 Å². The molecular formula is C40H56Cl2IN4O14-. The molecule has 0 saturated carbocycles. The maximum absolute atomic E-state index is 12.5. The van der Waals surface area contributed by atoms with E-state index in [4.69, 9.17) is 53.5 Å². The summed E-state index contributed by atoms with van der Waals surface area (Å²) in [7, 11) is 0. The minimum absolute atomic E-state index is 0.0204. The quantitative estimate of drug-likeness (QED) is 0.104. The van der Waals surface area contributed by atoms with Crippen molar-refractivity contribution in [1.29, 1.82) is 0.594 Å². The third-order valence-electron chi connectivity index (χ3n) is 6.88. The fraction of sp³-hybridized carbons (Fsp3) is 0.500. The van der Waals surface area contributed by atoms with Gasteiger partial charge in [0.15, 0.2) is 0 Å². The molecule has 0 unspecified atom stereocenters. The van der Waals surface area contributed by atoms with E-state index in [0.717, 1.165) is 5.56 Å². The summed E-state index contributed by atoms with van der Waals surface area (Å²) < 4.78 is 16.5. The van der Waals surface area contributed by atoms with E-state index < -0.39 is 71.0 Å². The van der Waals surface area contributed by atoms with Crippen LogP contribution in [0.3, 0.4) is 0 Å². The van der Waals surface area contributed by atoms with Crippen molar-refractivity contribution in [2.24, 2.45) is 0 Å². The summed E-state index contributed by atoms with van der Waals surface area (Å²) in [5.41, 5.74) is 0.0157. The number of carboxylic acids is 1. The Bertz CT molecular complexity index is 1770. The van der Waals surface area contributed by atoms with E-state index >= 15 is 0 Å².